The maximum absolute atomic E-state index is 12.4. The molecule has 0 aliphatic carbocycles. The van der Waals surface area contributed by atoms with Gasteiger partial charge in [0, 0.05) is 16.7 Å². The summed E-state index contributed by atoms with van der Waals surface area (Å²) in [6, 6.07) is 5.49. The quantitative estimate of drug-likeness (QED) is 0.716. The smallest absolute Gasteiger partial charge is 0.256 e. The molecule has 0 unspecified atom stereocenters. The Morgan fingerprint density at radius 1 is 1.59 bits per heavy atom. The molecule has 0 spiro atoms. The van der Waals surface area contributed by atoms with Crippen LogP contribution in [0.4, 0.5) is 0 Å². The first-order chi connectivity index (χ1) is 8.09. The largest absolute Gasteiger partial charge is 0.375 e. The average Bonchev–Trinajstić information content (AvgIpc) is 2.28. The topological polar surface area (TPSA) is 29.5 Å². The molecule has 1 amide bonds. The first-order valence-corrected chi connectivity index (χ1v) is 6.90. The van der Waals surface area contributed by atoms with Crippen LogP contribution in [-0.4, -0.2) is 36.6 Å². The van der Waals surface area contributed by atoms with E-state index in [4.69, 9.17) is 16.3 Å². The van der Waals surface area contributed by atoms with E-state index in [9.17, 15) is 4.79 Å². The zero-order chi connectivity index (χ0) is 12.4. The summed E-state index contributed by atoms with van der Waals surface area (Å²) in [5, 5.41) is 0.515. The lowest BCUT2D eigenvalue weighted by Gasteiger charge is -2.31. The lowest BCUT2D eigenvalue weighted by Crippen LogP contribution is -2.44. The molecule has 1 aromatic rings. The van der Waals surface area contributed by atoms with Crippen molar-refractivity contribution in [3.63, 3.8) is 0 Å². The van der Waals surface area contributed by atoms with Crippen LogP contribution in [0.1, 0.15) is 17.3 Å². The third-order valence-electron chi connectivity index (χ3n) is 2.70. The molecule has 1 aliphatic heterocycles. The van der Waals surface area contributed by atoms with Crippen molar-refractivity contribution in [1.82, 2.24) is 4.90 Å². The Balaban J connectivity index is 2.24. The number of ether oxygens (including phenoxy) is 1. The van der Waals surface area contributed by atoms with Crippen molar-refractivity contribution in [3.05, 3.63) is 32.4 Å². The number of morpholine rings is 1. The lowest BCUT2D eigenvalue weighted by atomic mass is 10.2. The van der Waals surface area contributed by atoms with Crippen molar-refractivity contribution < 1.29 is 9.53 Å². The van der Waals surface area contributed by atoms with E-state index in [0.29, 0.717) is 30.3 Å². The van der Waals surface area contributed by atoms with Gasteiger partial charge in [0.25, 0.3) is 5.91 Å². The minimum absolute atomic E-state index is 0.00449. The van der Waals surface area contributed by atoms with Crippen molar-refractivity contribution >= 4 is 40.1 Å². The summed E-state index contributed by atoms with van der Waals surface area (Å²) in [5.41, 5.74) is 0.601. The van der Waals surface area contributed by atoms with Gasteiger partial charge in [-0.3, -0.25) is 4.79 Å². The standard InChI is InChI=1S/C12H13ClINO2/c1-8-7-15(5-6-17-8)12(16)11-9(13)3-2-4-10(11)14/h2-4,8H,5-7H2,1H3/t8-/m1/s1. The van der Waals surface area contributed by atoms with E-state index in [2.05, 4.69) is 22.6 Å². The zero-order valence-corrected chi connectivity index (χ0v) is 12.4. The number of rotatable bonds is 1. The van der Waals surface area contributed by atoms with Crippen molar-refractivity contribution in [2.45, 2.75) is 13.0 Å². The highest BCUT2D eigenvalue weighted by Crippen LogP contribution is 2.24. The number of nitrogens with zero attached hydrogens (tertiary/aromatic N) is 1. The summed E-state index contributed by atoms with van der Waals surface area (Å²) in [7, 11) is 0. The Labute approximate surface area is 119 Å². The zero-order valence-electron chi connectivity index (χ0n) is 9.45. The molecule has 1 fully saturated rings. The van der Waals surface area contributed by atoms with E-state index in [1.54, 1.807) is 11.0 Å². The van der Waals surface area contributed by atoms with Crippen LogP contribution >= 0.6 is 34.2 Å². The van der Waals surface area contributed by atoms with E-state index >= 15 is 0 Å². The number of hydrogen-bond donors (Lipinski definition) is 0. The van der Waals surface area contributed by atoms with Gasteiger partial charge in [-0.05, 0) is 41.6 Å². The molecule has 1 saturated heterocycles. The van der Waals surface area contributed by atoms with Gasteiger partial charge in [0.15, 0.2) is 0 Å². The van der Waals surface area contributed by atoms with Gasteiger partial charge in [0.2, 0.25) is 0 Å². The molecular formula is C12H13ClINO2. The monoisotopic (exact) mass is 365 g/mol. The van der Waals surface area contributed by atoms with E-state index in [1.165, 1.54) is 0 Å². The highest BCUT2D eigenvalue weighted by molar-refractivity contribution is 14.1. The Kier molecular flexibility index (Phi) is 4.27. The van der Waals surface area contributed by atoms with Crippen molar-refractivity contribution in [1.29, 1.82) is 0 Å². The summed E-state index contributed by atoms with van der Waals surface area (Å²) in [4.78, 5) is 14.2. The molecule has 0 radical (unpaired) electrons. The van der Waals surface area contributed by atoms with Gasteiger partial charge in [-0.1, -0.05) is 17.7 Å². The molecule has 0 bridgehead atoms. The Hall–Kier alpha value is -0.330. The second-order valence-corrected chi connectivity index (χ2v) is 5.60. The number of carbonyl (C=O) groups is 1. The number of amides is 1. The summed E-state index contributed by atoms with van der Waals surface area (Å²) < 4.78 is 6.31. The molecule has 17 heavy (non-hydrogen) atoms. The van der Waals surface area contributed by atoms with Gasteiger partial charge >= 0.3 is 0 Å². The highest BCUT2D eigenvalue weighted by Gasteiger charge is 2.25. The maximum atomic E-state index is 12.4. The summed E-state index contributed by atoms with van der Waals surface area (Å²) in [5.74, 6) is -0.00449. The van der Waals surface area contributed by atoms with Gasteiger partial charge in [-0.2, -0.15) is 0 Å². The summed E-state index contributed by atoms with van der Waals surface area (Å²) >= 11 is 8.24. The second kappa shape index (κ2) is 5.54. The summed E-state index contributed by atoms with van der Waals surface area (Å²) in [6.07, 6.45) is 0.0906. The van der Waals surface area contributed by atoms with Crippen molar-refractivity contribution in [3.8, 4) is 0 Å². The van der Waals surface area contributed by atoms with Gasteiger partial charge < -0.3 is 9.64 Å². The van der Waals surface area contributed by atoms with E-state index in [1.807, 2.05) is 19.1 Å². The average molecular weight is 366 g/mol. The minimum atomic E-state index is -0.00449. The van der Waals surface area contributed by atoms with E-state index in [0.717, 1.165) is 3.57 Å². The van der Waals surface area contributed by atoms with Gasteiger partial charge in [-0.15, -0.1) is 0 Å². The normalized spacial score (nSPS) is 20.4. The number of benzene rings is 1. The molecule has 5 heteroatoms. The Morgan fingerprint density at radius 3 is 3.00 bits per heavy atom. The molecule has 1 heterocycles. The molecule has 0 N–H and O–H groups in total. The van der Waals surface area contributed by atoms with Crippen LogP contribution in [0.5, 0.6) is 0 Å². The number of carbonyl (C=O) groups excluding carboxylic acids is 1. The SMILES string of the molecule is C[C@@H]1CN(C(=O)c2c(Cl)cccc2I)CCO1. The Morgan fingerprint density at radius 2 is 2.35 bits per heavy atom. The third-order valence-corrected chi connectivity index (χ3v) is 3.92. The molecule has 1 aliphatic rings. The van der Waals surface area contributed by atoms with Crippen LogP contribution < -0.4 is 0 Å². The molecule has 3 nitrogen and oxygen atoms in total. The van der Waals surface area contributed by atoms with Crippen LogP contribution in [0.3, 0.4) is 0 Å². The van der Waals surface area contributed by atoms with Gasteiger partial charge in [-0.25, -0.2) is 0 Å². The van der Waals surface area contributed by atoms with Gasteiger partial charge in [0.05, 0.1) is 23.3 Å². The summed E-state index contributed by atoms with van der Waals surface area (Å²) in [6.45, 7) is 3.82. The lowest BCUT2D eigenvalue weighted by molar-refractivity contribution is -0.0124. The molecule has 1 atom stereocenters. The fourth-order valence-corrected chi connectivity index (χ4v) is 3.01. The van der Waals surface area contributed by atoms with Crippen LogP contribution in [0.15, 0.2) is 18.2 Å². The molecule has 2 rings (SSSR count). The first kappa shape index (κ1) is 13.1. The fourth-order valence-electron chi connectivity index (χ4n) is 1.86. The predicted molar refractivity (Wildman–Crippen MR) is 75.5 cm³/mol. The van der Waals surface area contributed by atoms with E-state index < -0.39 is 0 Å². The maximum Gasteiger partial charge on any atom is 0.256 e. The molecular weight excluding hydrogens is 352 g/mol. The van der Waals surface area contributed by atoms with E-state index in [-0.39, 0.29) is 12.0 Å². The van der Waals surface area contributed by atoms with Crippen LogP contribution in [0, 0.1) is 3.57 Å². The van der Waals surface area contributed by atoms with Crippen LogP contribution in [0.25, 0.3) is 0 Å². The third kappa shape index (κ3) is 2.92. The first-order valence-electron chi connectivity index (χ1n) is 5.44. The van der Waals surface area contributed by atoms with Crippen molar-refractivity contribution in [2.75, 3.05) is 19.7 Å². The number of halogens is 2. The number of hydrogen-bond acceptors (Lipinski definition) is 2. The van der Waals surface area contributed by atoms with Crippen molar-refractivity contribution in [2.24, 2.45) is 0 Å². The van der Waals surface area contributed by atoms with Gasteiger partial charge in [0.1, 0.15) is 0 Å². The second-order valence-electron chi connectivity index (χ2n) is 4.03. The highest BCUT2D eigenvalue weighted by atomic mass is 127. The minimum Gasteiger partial charge on any atom is -0.375 e. The molecule has 1 aromatic carbocycles. The molecule has 0 saturated carbocycles. The molecule has 92 valence electrons. The Bertz CT molecular complexity index is 418. The van der Waals surface area contributed by atoms with Crippen LogP contribution in [0.2, 0.25) is 5.02 Å². The predicted octanol–water partition coefficient (Wildman–Crippen LogP) is 2.81. The fraction of sp³-hybridized carbons (Fsp3) is 0.417. The van der Waals surface area contributed by atoms with Crippen LogP contribution in [-0.2, 0) is 4.74 Å². The molecule has 0 aromatic heterocycles.